The van der Waals surface area contributed by atoms with Crippen LogP contribution in [-0.2, 0) is 22.7 Å². The lowest BCUT2D eigenvalue weighted by atomic mass is 10.1. The van der Waals surface area contributed by atoms with E-state index in [1.54, 1.807) is 29.2 Å². The molecule has 0 saturated carbocycles. The number of imidazole rings is 1. The van der Waals surface area contributed by atoms with Crippen LogP contribution in [0.4, 0.5) is 5.69 Å². The summed E-state index contributed by atoms with van der Waals surface area (Å²) < 4.78 is 2.01. The Morgan fingerprint density at radius 3 is 2.53 bits per heavy atom. The smallest absolute Gasteiger partial charge is 0.227 e. The summed E-state index contributed by atoms with van der Waals surface area (Å²) in [5.41, 5.74) is 3.06. The highest BCUT2D eigenvalue weighted by atomic mass is 32.2. The van der Waals surface area contributed by atoms with Gasteiger partial charge in [0.25, 0.3) is 0 Å². The summed E-state index contributed by atoms with van der Waals surface area (Å²) in [6.45, 7) is 1.65. The molecule has 0 spiro atoms. The zero-order valence-corrected chi connectivity index (χ0v) is 17.6. The molecule has 1 aliphatic rings. The van der Waals surface area contributed by atoms with E-state index in [2.05, 4.69) is 22.4 Å². The Morgan fingerprint density at radius 2 is 1.87 bits per heavy atom. The summed E-state index contributed by atoms with van der Waals surface area (Å²) in [6, 6.07) is 16.0. The van der Waals surface area contributed by atoms with Gasteiger partial charge in [-0.1, -0.05) is 24.3 Å². The van der Waals surface area contributed by atoms with E-state index in [1.807, 2.05) is 53.4 Å². The molecule has 1 fully saturated rings. The van der Waals surface area contributed by atoms with Crippen molar-refractivity contribution < 1.29 is 9.59 Å². The van der Waals surface area contributed by atoms with Crippen molar-refractivity contribution in [1.82, 2.24) is 14.9 Å². The van der Waals surface area contributed by atoms with Gasteiger partial charge in [-0.05, 0) is 41.6 Å². The maximum atomic E-state index is 12.6. The number of aromatic nitrogens is 2. The van der Waals surface area contributed by atoms with Crippen LogP contribution in [0.25, 0.3) is 0 Å². The van der Waals surface area contributed by atoms with E-state index < -0.39 is 0 Å². The molecular formula is C23H24N4O2S. The Kier molecular flexibility index (Phi) is 6.18. The summed E-state index contributed by atoms with van der Waals surface area (Å²) in [4.78, 5) is 31.9. The molecule has 2 heterocycles. The van der Waals surface area contributed by atoms with Gasteiger partial charge in [-0.25, -0.2) is 4.98 Å². The number of amides is 2. The number of hydrogen-bond acceptors (Lipinski definition) is 4. The van der Waals surface area contributed by atoms with Crippen LogP contribution in [-0.4, -0.2) is 34.2 Å². The second-order valence-electron chi connectivity index (χ2n) is 7.37. The van der Waals surface area contributed by atoms with Gasteiger partial charge in [-0.15, -0.1) is 11.8 Å². The van der Waals surface area contributed by atoms with Crippen molar-refractivity contribution in [2.45, 2.75) is 24.4 Å². The molecule has 0 bridgehead atoms. The van der Waals surface area contributed by atoms with E-state index in [0.717, 1.165) is 22.7 Å². The maximum absolute atomic E-state index is 12.6. The highest BCUT2D eigenvalue weighted by molar-refractivity contribution is 7.98. The van der Waals surface area contributed by atoms with Gasteiger partial charge >= 0.3 is 0 Å². The van der Waals surface area contributed by atoms with Crippen molar-refractivity contribution in [2.75, 3.05) is 17.7 Å². The van der Waals surface area contributed by atoms with Gasteiger partial charge in [0.05, 0.1) is 12.2 Å². The molecule has 1 aliphatic heterocycles. The van der Waals surface area contributed by atoms with Crippen molar-refractivity contribution in [1.29, 1.82) is 0 Å². The second-order valence-corrected chi connectivity index (χ2v) is 8.25. The quantitative estimate of drug-likeness (QED) is 0.596. The van der Waals surface area contributed by atoms with Crippen molar-refractivity contribution in [3.63, 3.8) is 0 Å². The highest BCUT2D eigenvalue weighted by Gasteiger charge is 2.34. The van der Waals surface area contributed by atoms with Crippen LogP contribution < -0.4 is 10.2 Å². The number of rotatable bonds is 7. The molecule has 3 aromatic rings. The van der Waals surface area contributed by atoms with E-state index in [9.17, 15) is 9.59 Å². The minimum absolute atomic E-state index is 0.00379. The lowest BCUT2D eigenvalue weighted by Crippen LogP contribution is -2.32. The average Bonchev–Trinajstić information content (AvgIpc) is 3.43. The molecule has 0 radical (unpaired) electrons. The van der Waals surface area contributed by atoms with Gasteiger partial charge in [0, 0.05) is 49.0 Å². The Labute approximate surface area is 180 Å². The second kappa shape index (κ2) is 9.17. The lowest BCUT2D eigenvalue weighted by molar-refractivity contribution is -0.126. The molecule has 2 aromatic carbocycles. The van der Waals surface area contributed by atoms with Crippen molar-refractivity contribution in [3.8, 4) is 0 Å². The Hall–Kier alpha value is -3.06. The fourth-order valence-electron chi connectivity index (χ4n) is 3.58. The number of hydrogen-bond donors (Lipinski definition) is 1. The van der Waals surface area contributed by atoms with Crippen molar-refractivity contribution in [2.24, 2.45) is 5.92 Å². The minimum atomic E-state index is -0.321. The van der Waals surface area contributed by atoms with Crippen LogP contribution in [0.1, 0.15) is 17.5 Å². The van der Waals surface area contributed by atoms with Gasteiger partial charge in [0.1, 0.15) is 0 Å². The summed E-state index contributed by atoms with van der Waals surface area (Å²) in [6.07, 6.45) is 7.75. The molecule has 1 N–H and O–H groups in total. The maximum Gasteiger partial charge on any atom is 0.227 e. The fraction of sp³-hybridized carbons (Fsp3) is 0.261. The third kappa shape index (κ3) is 4.74. The topological polar surface area (TPSA) is 67.2 Å². The van der Waals surface area contributed by atoms with Crippen molar-refractivity contribution in [3.05, 3.63) is 78.4 Å². The molecule has 0 unspecified atom stereocenters. The summed E-state index contributed by atoms with van der Waals surface area (Å²) in [5.74, 6) is -0.400. The first-order chi connectivity index (χ1) is 14.6. The van der Waals surface area contributed by atoms with E-state index in [1.165, 1.54) is 5.56 Å². The fourth-order valence-corrected chi connectivity index (χ4v) is 3.99. The largest absolute Gasteiger partial charge is 0.352 e. The van der Waals surface area contributed by atoms with Crippen LogP contribution in [0.3, 0.4) is 0 Å². The number of nitrogens with one attached hydrogen (secondary N) is 1. The lowest BCUT2D eigenvalue weighted by Gasteiger charge is -2.17. The predicted octanol–water partition coefficient (Wildman–Crippen LogP) is 3.32. The molecule has 1 aromatic heterocycles. The monoisotopic (exact) mass is 420 g/mol. The van der Waals surface area contributed by atoms with Gasteiger partial charge < -0.3 is 14.8 Å². The Bertz CT molecular complexity index is 1000. The van der Waals surface area contributed by atoms with Gasteiger partial charge in [-0.2, -0.15) is 0 Å². The third-order valence-corrected chi connectivity index (χ3v) is 6.04. The van der Waals surface area contributed by atoms with Gasteiger partial charge in [0.15, 0.2) is 0 Å². The number of anilines is 1. The number of nitrogens with zero attached hydrogens (tertiary/aromatic N) is 3. The molecule has 1 saturated heterocycles. The predicted molar refractivity (Wildman–Crippen MR) is 118 cm³/mol. The van der Waals surface area contributed by atoms with Crippen molar-refractivity contribution >= 4 is 29.3 Å². The highest BCUT2D eigenvalue weighted by Crippen LogP contribution is 2.27. The molecule has 30 heavy (non-hydrogen) atoms. The summed E-state index contributed by atoms with van der Waals surface area (Å²) in [7, 11) is 0. The SMILES string of the molecule is CSc1ccc(N2C[C@H](C(=O)NCc3ccc(Cn4ccnc4)cc3)CC2=O)cc1. The number of benzene rings is 2. The molecule has 7 heteroatoms. The van der Waals surface area contributed by atoms with E-state index >= 15 is 0 Å². The van der Waals surface area contributed by atoms with Crippen LogP contribution >= 0.6 is 11.8 Å². The first-order valence-corrected chi connectivity index (χ1v) is 11.1. The first-order valence-electron chi connectivity index (χ1n) is 9.88. The summed E-state index contributed by atoms with van der Waals surface area (Å²) in [5, 5.41) is 2.98. The normalized spacial score (nSPS) is 16.1. The van der Waals surface area contributed by atoms with E-state index in [4.69, 9.17) is 0 Å². The molecular weight excluding hydrogens is 396 g/mol. The van der Waals surface area contributed by atoms with Gasteiger partial charge in [-0.3, -0.25) is 9.59 Å². The molecule has 2 amide bonds. The Balaban J connectivity index is 1.30. The molecule has 0 aliphatic carbocycles. The molecule has 4 rings (SSSR count). The first kappa shape index (κ1) is 20.2. The summed E-state index contributed by atoms with van der Waals surface area (Å²) >= 11 is 1.66. The number of carbonyl (C=O) groups is 2. The molecule has 1 atom stereocenters. The zero-order chi connectivity index (χ0) is 20.9. The molecule has 6 nitrogen and oxygen atoms in total. The number of carbonyl (C=O) groups excluding carboxylic acids is 2. The van der Waals surface area contributed by atoms with Crippen LogP contribution in [0, 0.1) is 5.92 Å². The minimum Gasteiger partial charge on any atom is -0.352 e. The van der Waals surface area contributed by atoms with Gasteiger partial charge in [0.2, 0.25) is 11.8 Å². The van der Waals surface area contributed by atoms with Crippen LogP contribution in [0.15, 0.2) is 72.1 Å². The standard InChI is InChI=1S/C23H24N4O2S/c1-30-21-8-6-20(7-9-21)27-15-19(12-22(27)28)23(29)25-13-17-2-4-18(5-3-17)14-26-11-10-24-16-26/h2-11,16,19H,12-15H2,1H3,(H,25,29)/t19-/m1/s1. The van der Waals surface area contributed by atoms with E-state index in [0.29, 0.717) is 13.1 Å². The zero-order valence-electron chi connectivity index (χ0n) is 16.8. The average molecular weight is 421 g/mol. The van der Waals surface area contributed by atoms with E-state index in [-0.39, 0.29) is 24.2 Å². The number of thioether (sulfide) groups is 1. The Morgan fingerprint density at radius 1 is 1.13 bits per heavy atom. The third-order valence-electron chi connectivity index (χ3n) is 5.29. The van der Waals surface area contributed by atoms with Crippen LogP contribution in [0.5, 0.6) is 0 Å². The molecule has 154 valence electrons. The van der Waals surface area contributed by atoms with Crippen LogP contribution in [0.2, 0.25) is 0 Å².